The number of hydrogen-bond acceptors (Lipinski definition) is 15. The van der Waals surface area contributed by atoms with Crippen molar-refractivity contribution in [2.45, 2.75) is 141 Å². The van der Waals surface area contributed by atoms with Crippen LogP contribution >= 0.6 is 0 Å². The van der Waals surface area contributed by atoms with Gasteiger partial charge in [-0.25, -0.2) is 14.4 Å². The molecule has 0 aliphatic carbocycles. The first-order valence-electron chi connectivity index (χ1n) is 29.1. The summed E-state index contributed by atoms with van der Waals surface area (Å²) in [5, 5.41) is 4.29. The molecule has 0 radical (unpaired) electrons. The van der Waals surface area contributed by atoms with Gasteiger partial charge in [0.1, 0.15) is 37.6 Å². The lowest BCUT2D eigenvalue weighted by atomic mass is 9.79. The third-order valence-corrected chi connectivity index (χ3v) is 16.7. The molecule has 9 rings (SSSR count). The highest BCUT2D eigenvalue weighted by Crippen LogP contribution is 2.42. The van der Waals surface area contributed by atoms with Gasteiger partial charge in [0.15, 0.2) is 31.3 Å². The molecule has 0 spiro atoms. The summed E-state index contributed by atoms with van der Waals surface area (Å²) in [6.45, 7) is 11.9. The number of nitrogens with zero attached hydrogens (tertiary/aromatic N) is 4. The Hall–Kier alpha value is -6.70. The lowest BCUT2D eigenvalue weighted by molar-refractivity contribution is -0.373. The lowest BCUT2D eigenvalue weighted by Gasteiger charge is -2.51. The molecule has 7 unspecified atom stereocenters. The maximum Gasteiger partial charge on any atom is 0.410 e. The summed E-state index contributed by atoms with van der Waals surface area (Å²) in [4.78, 5) is 45.4. The van der Waals surface area contributed by atoms with Gasteiger partial charge < -0.3 is 57.0 Å². The van der Waals surface area contributed by atoms with Crippen LogP contribution in [0.4, 0.5) is 4.79 Å². The molecule has 4 saturated heterocycles. The quantitative estimate of drug-likeness (QED) is 0.0141. The van der Waals surface area contributed by atoms with E-state index in [-0.39, 0.29) is 68.7 Å². The van der Waals surface area contributed by atoms with E-state index >= 15 is 0 Å². The van der Waals surface area contributed by atoms with Crippen molar-refractivity contribution in [3.8, 4) is 0 Å². The number of carbonyl (C=O) groups is 3. The summed E-state index contributed by atoms with van der Waals surface area (Å²) in [6, 6.07) is 45.4. The molecule has 4 fully saturated rings. The summed E-state index contributed by atoms with van der Waals surface area (Å²) in [7, 11) is 0. The van der Waals surface area contributed by atoms with E-state index in [2.05, 4.69) is 30.8 Å². The molecule has 4 heterocycles. The van der Waals surface area contributed by atoms with Crippen molar-refractivity contribution in [3.05, 3.63) is 190 Å². The van der Waals surface area contributed by atoms with Gasteiger partial charge in [-0.3, -0.25) is 0 Å². The van der Waals surface area contributed by atoms with Gasteiger partial charge in [-0.15, -0.1) is 0 Å². The normalized spacial score (nSPS) is 29.5. The first-order valence-corrected chi connectivity index (χ1v) is 29.1. The number of hydrogen-bond donors (Lipinski definition) is 0. The van der Waals surface area contributed by atoms with Crippen molar-refractivity contribution in [3.63, 3.8) is 0 Å². The monoisotopic (exact) mass is 1140 g/mol. The minimum Gasteiger partial charge on any atom is -0.459 e. The Morgan fingerprint density at radius 1 is 0.578 bits per heavy atom. The van der Waals surface area contributed by atoms with Crippen molar-refractivity contribution in [2.75, 3.05) is 33.0 Å². The van der Waals surface area contributed by atoms with Crippen molar-refractivity contribution >= 4 is 18.0 Å². The SMILES string of the molecule is CC1[C@@H](OCC2O[C@@H](O[C@@H]3C(N=[N+]=[N-])[C@H](OCCCCCCN(Cc4ccccc4)C(=O)OCc4ccccc4)OC4COC(c5ccccc5)O[C@@H]43)C(OC(=O)c3ccccc3)[C@@H](C)[C@@H]2C)OC(COC(=O)c2ccccc2)[C@@H](C)[C@@H]1C. The molecule has 0 saturated carbocycles. The molecule has 1 amide bonds. The number of ether oxygens (including phenoxy) is 11. The number of amides is 1. The van der Waals surface area contributed by atoms with Gasteiger partial charge in [0.05, 0.1) is 36.5 Å². The van der Waals surface area contributed by atoms with Crippen LogP contribution in [0.3, 0.4) is 0 Å². The zero-order valence-electron chi connectivity index (χ0n) is 48.0. The maximum atomic E-state index is 14.0. The second kappa shape index (κ2) is 30.2. The summed E-state index contributed by atoms with van der Waals surface area (Å²) in [5.41, 5.74) is 13.7. The summed E-state index contributed by atoms with van der Waals surface area (Å²) < 4.78 is 71.4. The molecule has 442 valence electrons. The molecular weight excluding hydrogens is 1060 g/mol. The maximum absolute atomic E-state index is 14.0. The van der Waals surface area contributed by atoms with Crippen molar-refractivity contribution in [2.24, 2.45) is 34.7 Å². The molecular formula is C65H78N4O14. The highest BCUT2D eigenvalue weighted by Gasteiger charge is 2.55. The fraction of sp³-hybridized carbons (Fsp3) is 0.492. The van der Waals surface area contributed by atoms with Gasteiger partial charge in [0.2, 0.25) is 0 Å². The van der Waals surface area contributed by atoms with Gasteiger partial charge in [-0.1, -0.05) is 180 Å². The van der Waals surface area contributed by atoms with Crippen molar-refractivity contribution in [1.29, 1.82) is 0 Å². The number of fused-ring (bicyclic) bond motifs is 1. The van der Waals surface area contributed by atoms with E-state index in [0.717, 1.165) is 36.0 Å². The predicted molar refractivity (Wildman–Crippen MR) is 306 cm³/mol. The van der Waals surface area contributed by atoms with Crippen LogP contribution < -0.4 is 0 Å². The smallest absolute Gasteiger partial charge is 0.410 e. The van der Waals surface area contributed by atoms with Crippen LogP contribution in [-0.4, -0.2) is 117 Å². The molecule has 0 N–H and O–H groups in total. The van der Waals surface area contributed by atoms with E-state index < -0.39 is 79.8 Å². The molecule has 5 aromatic rings. The molecule has 83 heavy (non-hydrogen) atoms. The van der Waals surface area contributed by atoms with Gasteiger partial charge in [-0.05, 0) is 71.5 Å². The number of azide groups is 1. The van der Waals surface area contributed by atoms with Crippen molar-refractivity contribution < 1.29 is 66.5 Å². The highest BCUT2D eigenvalue weighted by atomic mass is 16.8. The van der Waals surface area contributed by atoms with E-state index in [4.69, 9.17) is 52.1 Å². The summed E-state index contributed by atoms with van der Waals surface area (Å²) in [6.07, 6.45) is -6.00. The second-order valence-electron chi connectivity index (χ2n) is 22.2. The van der Waals surface area contributed by atoms with Crippen LogP contribution in [-0.2, 0) is 65.3 Å². The van der Waals surface area contributed by atoms with E-state index in [1.807, 2.05) is 117 Å². The van der Waals surface area contributed by atoms with Crippen LogP contribution in [0.5, 0.6) is 0 Å². The minimum atomic E-state index is -1.24. The first kappa shape index (κ1) is 60.9. The number of benzene rings is 5. The van der Waals surface area contributed by atoms with Crippen LogP contribution in [0, 0.1) is 29.6 Å². The fourth-order valence-corrected chi connectivity index (χ4v) is 11.1. The van der Waals surface area contributed by atoms with Gasteiger partial charge in [0.25, 0.3) is 0 Å². The number of unbranched alkanes of at least 4 members (excludes halogenated alkanes) is 3. The Labute approximate surface area is 486 Å². The van der Waals surface area contributed by atoms with Gasteiger partial charge in [0, 0.05) is 42.0 Å². The zero-order chi connectivity index (χ0) is 58.1. The molecule has 18 nitrogen and oxygen atoms in total. The van der Waals surface area contributed by atoms with Crippen molar-refractivity contribution in [1.82, 2.24) is 4.90 Å². The lowest BCUT2D eigenvalue weighted by Crippen LogP contribution is -2.65. The van der Waals surface area contributed by atoms with Crippen LogP contribution in [0.1, 0.15) is 104 Å². The molecule has 5 aromatic carbocycles. The molecule has 0 aromatic heterocycles. The Bertz CT molecular complexity index is 2840. The average Bonchev–Trinajstić information content (AvgIpc) is 3.71. The fourth-order valence-electron chi connectivity index (χ4n) is 11.1. The largest absolute Gasteiger partial charge is 0.459 e. The molecule has 18 heteroatoms. The zero-order valence-corrected chi connectivity index (χ0v) is 48.0. The second-order valence-corrected chi connectivity index (χ2v) is 22.2. The molecule has 4 aliphatic rings. The number of esters is 2. The van der Waals surface area contributed by atoms with E-state index in [1.54, 1.807) is 53.4 Å². The van der Waals surface area contributed by atoms with E-state index in [0.29, 0.717) is 30.6 Å². The summed E-state index contributed by atoms with van der Waals surface area (Å²) >= 11 is 0. The Morgan fingerprint density at radius 2 is 1.17 bits per heavy atom. The standard InChI is InChI=1S/C65H78N4O14/c1-42-43(2)52(39-74-59(70)49-29-17-10-18-30-49)78-61(46(42)5)75-40-53-44(3)45(4)56(81-60(71)50-31-19-11-20-32-50)64(79-53)83-58-55(67-68-66)63(80-54-41-76-62(82-57(54)58)51-33-21-12-22-34-51)73-36-24-7-6-23-35-69(37-47-25-13-8-14-26-47)65(72)77-38-48-27-15-9-16-28-48/h8-22,25-34,42-46,52-58,61-64H,6-7,23-24,35-41H2,1-5H3/t42-,43-,44-,45-,46?,52?,53?,54?,55?,56?,57-,58+,61-,62?,63+,64-/m0/s1. The first-order chi connectivity index (χ1) is 40.4. The van der Waals surface area contributed by atoms with Gasteiger partial charge in [-0.2, -0.15) is 0 Å². The van der Waals surface area contributed by atoms with Gasteiger partial charge >= 0.3 is 18.0 Å². The molecule has 4 aliphatic heterocycles. The van der Waals surface area contributed by atoms with Crippen LogP contribution in [0.25, 0.3) is 10.4 Å². The van der Waals surface area contributed by atoms with Crippen LogP contribution in [0.2, 0.25) is 0 Å². The Balaban J connectivity index is 0.896. The van der Waals surface area contributed by atoms with E-state index in [9.17, 15) is 19.9 Å². The third kappa shape index (κ3) is 16.1. The Morgan fingerprint density at radius 3 is 1.84 bits per heavy atom. The molecule has 0 bridgehead atoms. The third-order valence-electron chi connectivity index (χ3n) is 16.7. The van der Waals surface area contributed by atoms with Crippen LogP contribution in [0.15, 0.2) is 157 Å². The highest BCUT2D eigenvalue weighted by molar-refractivity contribution is 5.89. The Kier molecular flexibility index (Phi) is 22.2. The van der Waals surface area contributed by atoms with E-state index in [1.165, 1.54) is 0 Å². The average molecular weight is 1140 g/mol. The topological polar surface area (TPSA) is 205 Å². The minimum absolute atomic E-state index is 0.0330. The number of carbonyl (C=O) groups excluding carboxylic acids is 3. The predicted octanol–water partition coefficient (Wildman–Crippen LogP) is 12.0. The summed E-state index contributed by atoms with van der Waals surface area (Å²) in [5.74, 6) is -1.42. The number of rotatable bonds is 24. The molecule has 16 atom stereocenters.